The first-order valence-corrected chi connectivity index (χ1v) is 2.75. The SMILES string of the molecule is Nc1cc(C(=O)O)ncc1F. The van der Waals surface area contributed by atoms with E-state index in [1.165, 1.54) is 0 Å². The Labute approximate surface area is 61.5 Å². The van der Waals surface area contributed by atoms with Crippen LogP contribution in [0.5, 0.6) is 0 Å². The molecule has 58 valence electrons. The molecule has 1 aromatic rings. The molecule has 0 unspecified atom stereocenters. The second-order valence-corrected chi connectivity index (χ2v) is 1.90. The monoisotopic (exact) mass is 156 g/mol. The lowest BCUT2D eigenvalue weighted by Crippen LogP contribution is -2.02. The zero-order chi connectivity index (χ0) is 8.43. The molecule has 1 rings (SSSR count). The first-order chi connectivity index (χ1) is 5.11. The number of carbonyl (C=O) groups is 1. The highest BCUT2D eigenvalue weighted by molar-refractivity contribution is 5.86. The molecule has 0 aliphatic carbocycles. The van der Waals surface area contributed by atoms with E-state index < -0.39 is 11.8 Å². The predicted octanol–water partition coefficient (Wildman–Crippen LogP) is 0.501. The van der Waals surface area contributed by atoms with Gasteiger partial charge in [0.1, 0.15) is 5.69 Å². The molecule has 1 heterocycles. The van der Waals surface area contributed by atoms with E-state index >= 15 is 0 Å². The highest BCUT2D eigenvalue weighted by Gasteiger charge is 2.06. The lowest BCUT2D eigenvalue weighted by molar-refractivity contribution is 0.0690. The Balaban J connectivity index is 3.15. The summed E-state index contributed by atoms with van der Waals surface area (Å²) in [7, 11) is 0. The van der Waals surface area contributed by atoms with Crippen LogP contribution in [0.2, 0.25) is 0 Å². The molecular weight excluding hydrogens is 151 g/mol. The van der Waals surface area contributed by atoms with Gasteiger partial charge in [-0.2, -0.15) is 0 Å². The summed E-state index contributed by atoms with van der Waals surface area (Å²) < 4.78 is 12.4. The van der Waals surface area contributed by atoms with Gasteiger partial charge in [0.15, 0.2) is 5.82 Å². The van der Waals surface area contributed by atoms with Crippen molar-refractivity contribution in [3.8, 4) is 0 Å². The van der Waals surface area contributed by atoms with E-state index in [2.05, 4.69) is 4.98 Å². The number of rotatable bonds is 1. The standard InChI is InChI=1S/C6H5FN2O2/c7-3-2-9-5(6(10)11)1-4(3)8/h1-2H,(H2,8,9)(H,10,11). The second kappa shape index (κ2) is 2.53. The van der Waals surface area contributed by atoms with Crippen molar-refractivity contribution in [3.05, 3.63) is 23.8 Å². The van der Waals surface area contributed by atoms with Gasteiger partial charge in [-0.25, -0.2) is 14.2 Å². The fourth-order valence-corrected chi connectivity index (χ4v) is 0.571. The van der Waals surface area contributed by atoms with Gasteiger partial charge < -0.3 is 10.8 Å². The maximum Gasteiger partial charge on any atom is 0.354 e. The number of halogens is 1. The highest BCUT2D eigenvalue weighted by Crippen LogP contribution is 2.08. The van der Waals surface area contributed by atoms with E-state index in [9.17, 15) is 9.18 Å². The molecule has 0 atom stereocenters. The molecule has 0 fully saturated rings. The number of nitrogen functional groups attached to an aromatic ring is 1. The summed E-state index contributed by atoms with van der Waals surface area (Å²) in [5.74, 6) is -1.94. The Bertz CT molecular complexity index is 301. The summed E-state index contributed by atoms with van der Waals surface area (Å²) >= 11 is 0. The van der Waals surface area contributed by atoms with E-state index in [0.29, 0.717) is 0 Å². The quantitative estimate of drug-likeness (QED) is 0.620. The molecule has 0 aliphatic heterocycles. The zero-order valence-corrected chi connectivity index (χ0v) is 5.41. The summed E-state index contributed by atoms with van der Waals surface area (Å²) in [5, 5.41) is 8.36. The summed E-state index contributed by atoms with van der Waals surface area (Å²) in [4.78, 5) is 13.5. The van der Waals surface area contributed by atoms with Gasteiger partial charge in [0, 0.05) is 0 Å². The van der Waals surface area contributed by atoms with Crippen molar-refractivity contribution in [1.82, 2.24) is 4.98 Å². The number of carboxylic acids is 1. The van der Waals surface area contributed by atoms with Gasteiger partial charge in [0.25, 0.3) is 0 Å². The van der Waals surface area contributed by atoms with Crippen molar-refractivity contribution in [3.63, 3.8) is 0 Å². The van der Waals surface area contributed by atoms with Crippen LogP contribution in [0.3, 0.4) is 0 Å². The van der Waals surface area contributed by atoms with Crippen molar-refractivity contribution in [2.75, 3.05) is 5.73 Å². The third kappa shape index (κ3) is 1.43. The Hall–Kier alpha value is -1.65. The first kappa shape index (κ1) is 7.46. The van der Waals surface area contributed by atoms with Crippen LogP contribution in [0, 0.1) is 5.82 Å². The Morgan fingerprint density at radius 2 is 2.36 bits per heavy atom. The lowest BCUT2D eigenvalue weighted by atomic mass is 10.3. The third-order valence-corrected chi connectivity index (χ3v) is 1.10. The predicted molar refractivity (Wildman–Crippen MR) is 35.6 cm³/mol. The number of hydrogen-bond acceptors (Lipinski definition) is 3. The fraction of sp³-hybridized carbons (Fsp3) is 0. The molecule has 0 aromatic carbocycles. The van der Waals surface area contributed by atoms with Crippen molar-refractivity contribution >= 4 is 11.7 Å². The number of pyridine rings is 1. The molecule has 0 amide bonds. The second-order valence-electron chi connectivity index (χ2n) is 1.90. The zero-order valence-electron chi connectivity index (χ0n) is 5.41. The molecule has 0 bridgehead atoms. The number of carboxylic acid groups (broad SMARTS) is 1. The van der Waals surface area contributed by atoms with Gasteiger partial charge in [-0.3, -0.25) is 0 Å². The van der Waals surface area contributed by atoms with Crippen molar-refractivity contribution in [2.24, 2.45) is 0 Å². The molecule has 1 aromatic heterocycles. The number of nitrogens with zero attached hydrogens (tertiary/aromatic N) is 1. The van der Waals surface area contributed by atoms with Gasteiger partial charge in [-0.1, -0.05) is 0 Å². The number of anilines is 1. The smallest absolute Gasteiger partial charge is 0.354 e. The van der Waals surface area contributed by atoms with Crippen LogP contribution in [0.15, 0.2) is 12.3 Å². The summed E-state index contributed by atoms with van der Waals surface area (Å²) in [5.41, 5.74) is 4.61. The molecule has 5 heteroatoms. The third-order valence-electron chi connectivity index (χ3n) is 1.10. The van der Waals surface area contributed by atoms with Gasteiger partial charge in [0.2, 0.25) is 0 Å². The van der Waals surface area contributed by atoms with Crippen molar-refractivity contribution in [2.45, 2.75) is 0 Å². The number of aromatic carboxylic acids is 1. The normalized spacial score (nSPS) is 9.55. The van der Waals surface area contributed by atoms with Crippen LogP contribution in [-0.4, -0.2) is 16.1 Å². The van der Waals surface area contributed by atoms with Crippen LogP contribution >= 0.6 is 0 Å². The molecule has 0 radical (unpaired) electrons. The minimum absolute atomic E-state index is 0.211. The van der Waals surface area contributed by atoms with E-state index in [1.807, 2.05) is 0 Å². The molecule has 0 aliphatic rings. The van der Waals surface area contributed by atoms with Crippen LogP contribution in [-0.2, 0) is 0 Å². The van der Waals surface area contributed by atoms with E-state index in [-0.39, 0.29) is 11.4 Å². The molecule has 4 nitrogen and oxygen atoms in total. The lowest BCUT2D eigenvalue weighted by Gasteiger charge is -1.95. The number of hydrogen-bond donors (Lipinski definition) is 2. The molecular formula is C6H5FN2O2. The van der Waals surface area contributed by atoms with Crippen LogP contribution in [0.25, 0.3) is 0 Å². The van der Waals surface area contributed by atoms with Gasteiger partial charge in [-0.05, 0) is 6.07 Å². The first-order valence-electron chi connectivity index (χ1n) is 2.75. The topological polar surface area (TPSA) is 76.2 Å². The van der Waals surface area contributed by atoms with Crippen molar-refractivity contribution in [1.29, 1.82) is 0 Å². The number of nitrogens with two attached hydrogens (primary N) is 1. The van der Waals surface area contributed by atoms with Gasteiger partial charge in [0.05, 0.1) is 11.9 Å². The Morgan fingerprint density at radius 3 is 2.82 bits per heavy atom. The largest absolute Gasteiger partial charge is 0.477 e. The summed E-state index contributed by atoms with van der Waals surface area (Å²) in [6.45, 7) is 0. The molecule has 0 spiro atoms. The summed E-state index contributed by atoms with van der Waals surface area (Å²) in [6.07, 6.45) is 0.777. The Morgan fingerprint density at radius 1 is 1.73 bits per heavy atom. The molecule has 0 saturated carbocycles. The molecule has 11 heavy (non-hydrogen) atoms. The van der Waals surface area contributed by atoms with Crippen molar-refractivity contribution < 1.29 is 14.3 Å². The minimum atomic E-state index is -1.23. The fourth-order valence-electron chi connectivity index (χ4n) is 0.571. The van der Waals surface area contributed by atoms with Crippen LogP contribution in [0.4, 0.5) is 10.1 Å². The van der Waals surface area contributed by atoms with Gasteiger partial charge in [-0.15, -0.1) is 0 Å². The maximum atomic E-state index is 12.4. The average Bonchev–Trinajstić information content (AvgIpc) is 1.94. The van der Waals surface area contributed by atoms with Gasteiger partial charge >= 0.3 is 5.97 Å². The van der Waals surface area contributed by atoms with E-state index in [0.717, 1.165) is 12.3 Å². The minimum Gasteiger partial charge on any atom is -0.477 e. The average molecular weight is 156 g/mol. The molecule has 3 N–H and O–H groups in total. The van der Waals surface area contributed by atoms with Crippen LogP contribution < -0.4 is 5.73 Å². The highest BCUT2D eigenvalue weighted by atomic mass is 19.1. The maximum absolute atomic E-state index is 12.4. The van der Waals surface area contributed by atoms with E-state index in [1.54, 1.807) is 0 Å². The molecule has 0 saturated heterocycles. The summed E-state index contributed by atoms with van der Waals surface area (Å²) in [6, 6.07) is 0.970. The Kier molecular flexibility index (Phi) is 1.72. The number of aromatic nitrogens is 1. The van der Waals surface area contributed by atoms with E-state index in [4.69, 9.17) is 10.8 Å². The van der Waals surface area contributed by atoms with Crippen LogP contribution in [0.1, 0.15) is 10.5 Å².